The summed E-state index contributed by atoms with van der Waals surface area (Å²) in [5.41, 5.74) is 2.09. The summed E-state index contributed by atoms with van der Waals surface area (Å²) in [6, 6.07) is 15.0. The number of piperazine rings is 1. The van der Waals surface area contributed by atoms with Gasteiger partial charge in [-0.2, -0.15) is 0 Å². The number of hydrogen-bond donors (Lipinski definition) is 0. The fraction of sp³-hybridized carbons (Fsp3) is 0.300. The molecule has 0 atom stereocenters. The molecule has 2 aromatic carbocycles. The fourth-order valence-electron chi connectivity index (χ4n) is 3.59. The molecule has 2 heterocycles. The average Bonchev–Trinajstić information content (AvgIpc) is 2.94. The van der Waals surface area contributed by atoms with Gasteiger partial charge in [-0.15, -0.1) is 0 Å². The maximum absolute atomic E-state index is 12.5. The van der Waals surface area contributed by atoms with Gasteiger partial charge in [-0.25, -0.2) is 0 Å². The van der Waals surface area contributed by atoms with Gasteiger partial charge in [0.15, 0.2) is 0 Å². The maximum atomic E-state index is 12.5. The minimum Gasteiger partial charge on any atom is -0.495 e. The van der Waals surface area contributed by atoms with Crippen LogP contribution in [0.2, 0.25) is 0 Å². The molecule has 2 aliphatic heterocycles. The first-order chi connectivity index (χ1) is 12.7. The number of benzene rings is 2. The molecule has 6 heteroatoms. The molecule has 0 spiro atoms. The molecule has 2 amide bonds. The van der Waals surface area contributed by atoms with E-state index < -0.39 is 0 Å². The Morgan fingerprint density at radius 3 is 2.04 bits per heavy atom. The number of methoxy groups -OCH3 is 1. The van der Waals surface area contributed by atoms with Gasteiger partial charge >= 0.3 is 0 Å². The average molecular weight is 351 g/mol. The number of carbonyl (C=O) groups excluding carboxylic acids is 2. The highest BCUT2D eigenvalue weighted by Gasteiger charge is 2.36. The van der Waals surface area contributed by atoms with Gasteiger partial charge in [-0.05, 0) is 24.3 Å². The van der Waals surface area contributed by atoms with E-state index in [1.54, 1.807) is 31.4 Å². The number of amides is 2. The number of ether oxygens (including phenoxy) is 1. The molecule has 4 rings (SSSR count). The van der Waals surface area contributed by atoms with E-state index >= 15 is 0 Å². The van der Waals surface area contributed by atoms with Crippen molar-refractivity contribution in [2.24, 2.45) is 0 Å². The summed E-state index contributed by atoms with van der Waals surface area (Å²) < 4.78 is 5.44. The van der Waals surface area contributed by atoms with Crippen molar-refractivity contribution in [3.8, 4) is 5.75 Å². The van der Waals surface area contributed by atoms with Gasteiger partial charge in [0, 0.05) is 26.2 Å². The van der Waals surface area contributed by atoms with Crippen molar-refractivity contribution in [3.63, 3.8) is 0 Å². The van der Waals surface area contributed by atoms with E-state index in [-0.39, 0.29) is 11.8 Å². The standard InChI is InChI=1S/C20H21N3O3/c1-26-18-9-5-4-8-17(18)22-12-10-21(11-13-22)14-23-19(24)15-6-2-3-7-16(15)20(23)25/h2-9H,10-14H2,1H3. The van der Waals surface area contributed by atoms with E-state index in [0.717, 1.165) is 37.6 Å². The largest absolute Gasteiger partial charge is 0.495 e. The van der Waals surface area contributed by atoms with Crippen molar-refractivity contribution in [3.05, 3.63) is 59.7 Å². The second kappa shape index (κ2) is 6.80. The minimum atomic E-state index is -0.197. The van der Waals surface area contributed by atoms with Gasteiger partial charge in [0.05, 0.1) is 30.6 Å². The van der Waals surface area contributed by atoms with Gasteiger partial charge in [0.25, 0.3) is 11.8 Å². The molecule has 1 fully saturated rings. The Bertz CT molecular complexity index is 809. The molecule has 1 saturated heterocycles. The second-order valence-corrected chi connectivity index (χ2v) is 6.50. The minimum absolute atomic E-state index is 0.197. The van der Waals surface area contributed by atoms with Crippen LogP contribution in [-0.2, 0) is 0 Å². The van der Waals surface area contributed by atoms with Gasteiger partial charge in [0.1, 0.15) is 5.75 Å². The highest BCUT2D eigenvalue weighted by molar-refractivity contribution is 6.21. The van der Waals surface area contributed by atoms with Crippen LogP contribution < -0.4 is 9.64 Å². The molecule has 0 N–H and O–H groups in total. The molecule has 6 nitrogen and oxygen atoms in total. The Balaban J connectivity index is 1.41. The zero-order valence-electron chi connectivity index (χ0n) is 14.7. The first-order valence-electron chi connectivity index (χ1n) is 8.74. The smallest absolute Gasteiger partial charge is 0.262 e. The lowest BCUT2D eigenvalue weighted by atomic mass is 10.1. The molecule has 26 heavy (non-hydrogen) atoms. The Hall–Kier alpha value is -2.86. The van der Waals surface area contributed by atoms with Gasteiger partial charge in [-0.1, -0.05) is 24.3 Å². The summed E-state index contributed by atoms with van der Waals surface area (Å²) in [6.07, 6.45) is 0. The van der Waals surface area contributed by atoms with Crippen LogP contribution in [-0.4, -0.2) is 61.6 Å². The highest BCUT2D eigenvalue weighted by atomic mass is 16.5. The molecule has 134 valence electrons. The SMILES string of the molecule is COc1ccccc1N1CCN(CN2C(=O)c3ccccc3C2=O)CC1. The molecule has 0 bridgehead atoms. The van der Waals surface area contributed by atoms with Crippen molar-refractivity contribution in [2.45, 2.75) is 0 Å². The molecular formula is C20H21N3O3. The van der Waals surface area contributed by atoms with E-state index in [2.05, 4.69) is 15.9 Å². The van der Waals surface area contributed by atoms with Crippen molar-refractivity contribution < 1.29 is 14.3 Å². The van der Waals surface area contributed by atoms with Crippen LogP contribution in [0, 0.1) is 0 Å². The van der Waals surface area contributed by atoms with E-state index in [1.165, 1.54) is 4.90 Å². The van der Waals surface area contributed by atoms with Crippen LogP contribution in [0.1, 0.15) is 20.7 Å². The van der Waals surface area contributed by atoms with Crippen molar-refractivity contribution in [2.75, 3.05) is 44.9 Å². The van der Waals surface area contributed by atoms with Crippen molar-refractivity contribution >= 4 is 17.5 Å². The lowest BCUT2D eigenvalue weighted by Crippen LogP contribution is -2.51. The predicted octanol–water partition coefficient (Wildman–Crippen LogP) is 2.07. The molecule has 0 radical (unpaired) electrons. The third-order valence-corrected chi connectivity index (χ3v) is 5.02. The van der Waals surface area contributed by atoms with Crippen LogP contribution in [0.15, 0.2) is 48.5 Å². The fourth-order valence-corrected chi connectivity index (χ4v) is 3.59. The monoisotopic (exact) mass is 351 g/mol. The normalized spacial score (nSPS) is 17.6. The third kappa shape index (κ3) is 2.82. The summed E-state index contributed by atoms with van der Waals surface area (Å²) in [6.45, 7) is 3.55. The van der Waals surface area contributed by atoms with Crippen LogP contribution >= 0.6 is 0 Å². The molecule has 2 aromatic rings. The number of carbonyl (C=O) groups is 2. The van der Waals surface area contributed by atoms with E-state index in [0.29, 0.717) is 17.8 Å². The Labute approximate surface area is 152 Å². The summed E-state index contributed by atoms with van der Waals surface area (Å²) in [4.78, 5) is 30.8. The molecule has 0 saturated carbocycles. The Kier molecular flexibility index (Phi) is 4.34. The highest BCUT2D eigenvalue weighted by Crippen LogP contribution is 2.29. The lowest BCUT2D eigenvalue weighted by molar-refractivity contribution is 0.0535. The molecule has 0 aromatic heterocycles. The Morgan fingerprint density at radius 2 is 1.42 bits per heavy atom. The zero-order chi connectivity index (χ0) is 18.1. The Morgan fingerprint density at radius 1 is 0.846 bits per heavy atom. The van der Waals surface area contributed by atoms with Crippen LogP contribution in [0.5, 0.6) is 5.75 Å². The van der Waals surface area contributed by atoms with Crippen molar-refractivity contribution in [1.82, 2.24) is 9.80 Å². The second-order valence-electron chi connectivity index (χ2n) is 6.50. The predicted molar refractivity (Wildman–Crippen MR) is 98.6 cm³/mol. The number of imide groups is 1. The third-order valence-electron chi connectivity index (χ3n) is 5.02. The van der Waals surface area contributed by atoms with E-state index in [1.807, 2.05) is 18.2 Å². The quantitative estimate of drug-likeness (QED) is 0.790. The first kappa shape index (κ1) is 16.6. The maximum Gasteiger partial charge on any atom is 0.262 e. The molecular weight excluding hydrogens is 330 g/mol. The zero-order valence-corrected chi connectivity index (χ0v) is 14.7. The summed E-state index contributed by atoms with van der Waals surface area (Å²) in [7, 11) is 1.68. The van der Waals surface area contributed by atoms with Gasteiger partial charge in [-0.3, -0.25) is 19.4 Å². The van der Waals surface area contributed by atoms with Crippen LogP contribution in [0.25, 0.3) is 0 Å². The first-order valence-corrected chi connectivity index (χ1v) is 8.74. The summed E-state index contributed by atoms with van der Waals surface area (Å²) in [5.74, 6) is 0.469. The molecule has 0 unspecified atom stereocenters. The number of hydrogen-bond acceptors (Lipinski definition) is 5. The summed E-state index contributed by atoms with van der Waals surface area (Å²) >= 11 is 0. The van der Waals surface area contributed by atoms with E-state index in [4.69, 9.17) is 4.74 Å². The molecule has 2 aliphatic rings. The number of fused-ring (bicyclic) bond motifs is 1. The molecule has 0 aliphatic carbocycles. The lowest BCUT2D eigenvalue weighted by Gasteiger charge is -2.37. The number of nitrogens with zero attached hydrogens (tertiary/aromatic N) is 3. The summed E-state index contributed by atoms with van der Waals surface area (Å²) in [5, 5.41) is 0. The van der Waals surface area contributed by atoms with Crippen LogP contribution in [0.4, 0.5) is 5.69 Å². The topological polar surface area (TPSA) is 53.1 Å². The number of rotatable bonds is 4. The number of para-hydroxylation sites is 2. The van der Waals surface area contributed by atoms with E-state index in [9.17, 15) is 9.59 Å². The van der Waals surface area contributed by atoms with Gasteiger partial charge in [0.2, 0.25) is 0 Å². The number of anilines is 1. The van der Waals surface area contributed by atoms with Crippen molar-refractivity contribution in [1.29, 1.82) is 0 Å². The van der Waals surface area contributed by atoms with Crippen LogP contribution in [0.3, 0.4) is 0 Å². The van der Waals surface area contributed by atoms with Gasteiger partial charge < -0.3 is 9.64 Å².